The number of ether oxygens (including phenoxy) is 3. The number of hydrogen-bond acceptors (Lipinski definition) is 7. The van der Waals surface area contributed by atoms with Gasteiger partial charge in [-0.3, -0.25) is 0 Å². The summed E-state index contributed by atoms with van der Waals surface area (Å²) in [5, 5.41) is 29.1. The fourth-order valence-electron chi connectivity index (χ4n) is 1.99. The van der Waals surface area contributed by atoms with Crippen LogP contribution < -0.4 is 4.74 Å². The molecule has 1 aliphatic rings. The van der Waals surface area contributed by atoms with Gasteiger partial charge in [0.15, 0.2) is 11.5 Å². The van der Waals surface area contributed by atoms with Gasteiger partial charge in [-0.15, -0.1) is 0 Å². The minimum atomic E-state index is -1.23. The van der Waals surface area contributed by atoms with Crippen LogP contribution in [0.5, 0.6) is 5.88 Å². The van der Waals surface area contributed by atoms with E-state index in [1.54, 1.807) is 13.8 Å². The molecule has 1 aromatic rings. The molecule has 1 aliphatic heterocycles. The van der Waals surface area contributed by atoms with Gasteiger partial charge in [-0.1, -0.05) is 0 Å². The number of nitrogens with one attached hydrogen (secondary N) is 1. The van der Waals surface area contributed by atoms with E-state index in [4.69, 9.17) is 19.5 Å². The predicted octanol–water partition coefficient (Wildman–Crippen LogP) is -0.164. The average molecular weight is 283 g/mol. The summed E-state index contributed by atoms with van der Waals surface area (Å²) in [6.07, 6.45) is -3.15. The fraction of sp³-hybridized carbons (Fsp3) is 0.667. The van der Waals surface area contributed by atoms with E-state index in [0.29, 0.717) is 0 Å². The Hall–Kier alpha value is -1.66. The van der Waals surface area contributed by atoms with Crippen molar-refractivity contribution < 1.29 is 24.4 Å². The van der Waals surface area contributed by atoms with Crippen LogP contribution in [0, 0.1) is 11.3 Å². The zero-order valence-electron chi connectivity index (χ0n) is 11.5. The van der Waals surface area contributed by atoms with Crippen molar-refractivity contribution in [2.45, 2.75) is 37.9 Å². The number of H-pyrrole nitrogens is 1. The number of aliphatic hydroxyl groups is 2. The van der Waals surface area contributed by atoms with Crippen LogP contribution in [-0.4, -0.2) is 51.9 Å². The smallest absolute Gasteiger partial charge is 0.250 e. The molecule has 1 fully saturated rings. The standard InChI is InChI=1S/C12H17N3O5/c1-12(2)19-5-7(16)9(20-12)8(17)10-14-6(4-13)11(15-10)18-3/h7-9,16-17H,5H2,1-3H3,(H,14,15)/t7-,8+,9+/m1/s1. The van der Waals surface area contributed by atoms with E-state index >= 15 is 0 Å². The molecule has 110 valence electrons. The first kappa shape index (κ1) is 14.7. The van der Waals surface area contributed by atoms with Crippen molar-refractivity contribution in [3.63, 3.8) is 0 Å². The normalized spacial score (nSPS) is 26.8. The molecule has 0 bridgehead atoms. The number of rotatable bonds is 3. The maximum absolute atomic E-state index is 10.3. The van der Waals surface area contributed by atoms with E-state index in [1.165, 1.54) is 7.11 Å². The first-order valence-electron chi connectivity index (χ1n) is 6.10. The Morgan fingerprint density at radius 2 is 2.30 bits per heavy atom. The summed E-state index contributed by atoms with van der Waals surface area (Å²) in [6, 6.07) is 1.87. The van der Waals surface area contributed by atoms with Crippen molar-refractivity contribution in [3.8, 4) is 11.9 Å². The first-order chi connectivity index (χ1) is 9.38. The van der Waals surface area contributed by atoms with Crippen LogP contribution in [0.15, 0.2) is 0 Å². The number of imidazole rings is 1. The summed E-state index contributed by atoms with van der Waals surface area (Å²) < 4.78 is 15.7. The Bertz CT molecular complexity index is 522. The van der Waals surface area contributed by atoms with Crippen molar-refractivity contribution in [2.75, 3.05) is 13.7 Å². The summed E-state index contributed by atoms with van der Waals surface area (Å²) in [5.74, 6) is -0.734. The van der Waals surface area contributed by atoms with Gasteiger partial charge in [0.1, 0.15) is 30.2 Å². The Labute approximate surface area is 115 Å². The zero-order valence-corrected chi connectivity index (χ0v) is 11.5. The van der Waals surface area contributed by atoms with Crippen LogP contribution in [0.3, 0.4) is 0 Å². The Morgan fingerprint density at radius 1 is 1.60 bits per heavy atom. The van der Waals surface area contributed by atoms with E-state index in [9.17, 15) is 10.2 Å². The summed E-state index contributed by atoms with van der Waals surface area (Å²) in [7, 11) is 1.37. The quantitative estimate of drug-likeness (QED) is 0.704. The molecular formula is C12H17N3O5. The second-order valence-electron chi connectivity index (χ2n) is 4.92. The molecule has 2 heterocycles. The Kier molecular flexibility index (Phi) is 3.96. The maximum atomic E-state index is 10.3. The number of aromatic nitrogens is 2. The Balaban J connectivity index is 2.24. The largest absolute Gasteiger partial charge is 0.479 e. The van der Waals surface area contributed by atoms with Crippen LogP contribution in [0.2, 0.25) is 0 Å². The molecule has 3 N–H and O–H groups in total. The first-order valence-corrected chi connectivity index (χ1v) is 6.10. The molecule has 2 rings (SSSR count). The predicted molar refractivity (Wildman–Crippen MR) is 65.7 cm³/mol. The summed E-state index contributed by atoms with van der Waals surface area (Å²) >= 11 is 0. The molecule has 0 aromatic carbocycles. The van der Waals surface area contributed by atoms with Gasteiger partial charge in [0.25, 0.3) is 5.88 Å². The summed E-state index contributed by atoms with van der Waals surface area (Å²) in [4.78, 5) is 6.62. The molecular weight excluding hydrogens is 266 g/mol. The summed E-state index contributed by atoms with van der Waals surface area (Å²) in [6.45, 7) is 3.40. The highest BCUT2D eigenvalue weighted by atomic mass is 16.7. The lowest BCUT2D eigenvalue weighted by Gasteiger charge is -2.40. The maximum Gasteiger partial charge on any atom is 0.250 e. The zero-order chi connectivity index (χ0) is 14.9. The van der Waals surface area contributed by atoms with E-state index in [-0.39, 0.29) is 24.0 Å². The van der Waals surface area contributed by atoms with E-state index < -0.39 is 24.1 Å². The number of nitrogens with zero attached hydrogens (tertiary/aromatic N) is 2. The van der Waals surface area contributed by atoms with Gasteiger partial charge in [-0.05, 0) is 13.8 Å². The van der Waals surface area contributed by atoms with Crippen LogP contribution in [-0.2, 0) is 9.47 Å². The van der Waals surface area contributed by atoms with Crippen molar-refractivity contribution in [3.05, 3.63) is 11.5 Å². The van der Waals surface area contributed by atoms with Crippen LogP contribution in [0.4, 0.5) is 0 Å². The number of methoxy groups -OCH3 is 1. The molecule has 0 unspecified atom stereocenters. The van der Waals surface area contributed by atoms with Crippen molar-refractivity contribution >= 4 is 0 Å². The highest BCUT2D eigenvalue weighted by Gasteiger charge is 2.41. The monoisotopic (exact) mass is 283 g/mol. The molecule has 0 spiro atoms. The highest BCUT2D eigenvalue weighted by Crippen LogP contribution is 2.30. The third-order valence-corrected chi connectivity index (χ3v) is 2.99. The molecule has 20 heavy (non-hydrogen) atoms. The molecule has 1 aromatic heterocycles. The van der Waals surface area contributed by atoms with Gasteiger partial charge in [0.05, 0.1) is 13.7 Å². The van der Waals surface area contributed by atoms with Gasteiger partial charge < -0.3 is 29.4 Å². The van der Waals surface area contributed by atoms with Gasteiger partial charge in [0.2, 0.25) is 0 Å². The topological polar surface area (TPSA) is 121 Å². The third kappa shape index (κ3) is 2.76. The third-order valence-electron chi connectivity index (χ3n) is 2.99. The van der Waals surface area contributed by atoms with Crippen molar-refractivity contribution in [2.24, 2.45) is 0 Å². The molecule has 1 saturated heterocycles. The lowest BCUT2D eigenvalue weighted by atomic mass is 10.1. The van der Waals surface area contributed by atoms with Gasteiger partial charge >= 0.3 is 0 Å². The minimum absolute atomic E-state index is 0.0394. The number of aliphatic hydroxyl groups excluding tert-OH is 2. The van der Waals surface area contributed by atoms with Crippen molar-refractivity contribution in [1.29, 1.82) is 5.26 Å². The van der Waals surface area contributed by atoms with Gasteiger partial charge in [-0.2, -0.15) is 10.2 Å². The van der Waals surface area contributed by atoms with E-state index in [1.807, 2.05) is 6.07 Å². The minimum Gasteiger partial charge on any atom is -0.479 e. The SMILES string of the molecule is COc1nc([C@@H](O)[C@H]2OC(C)(C)OC[C@H]2O)[nH]c1C#N. The lowest BCUT2D eigenvalue weighted by Crippen LogP contribution is -2.51. The van der Waals surface area contributed by atoms with Crippen LogP contribution >= 0.6 is 0 Å². The molecule has 0 saturated carbocycles. The van der Waals surface area contributed by atoms with E-state index in [2.05, 4.69) is 9.97 Å². The molecule has 3 atom stereocenters. The Morgan fingerprint density at radius 3 is 2.85 bits per heavy atom. The molecule has 0 amide bonds. The van der Waals surface area contributed by atoms with Crippen molar-refractivity contribution in [1.82, 2.24) is 9.97 Å². The van der Waals surface area contributed by atoms with Gasteiger partial charge in [0, 0.05) is 0 Å². The van der Waals surface area contributed by atoms with Gasteiger partial charge in [-0.25, -0.2) is 0 Å². The summed E-state index contributed by atoms with van der Waals surface area (Å²) in [5.41, 5.74) is 0.0994. The second-order valence-corrected chi connectivity index (χ2v) is 4.92. The van der Waals surface area contributed by atoms with Crippen LogP contribution in [0.1, 0.15) is 31.5 Å². The average Bonchev–Trinajstić information content (AvgIpc) is 2.84. The highest BCUT2D eigenvalue weighted by molar-refractivity contribution is 5.33. The molecule has 0 radical (unpaired) electrons. The fourth-order valence-corrected chi connectivity index (χ4v) is 1.99. The van der Waals surface area contributed by atoms with E-state index in [0.717, 1.165) is 0 Å². The number of nitriles is 1. The molecule has 8 heteroatoms. The lowest BCUT2D eigenvalue weighted by molar-refractivity contribution is -0.320. The molecule has 8 nitrogen and oxygen atoms in total. The molecule has 0 aliphatic carbocycles. The number of hydrogen-bond donors (Lipinski definition) is 3. The number of aromatic amines is 1. The van der Waals surface area contributed by atoms with Crippen LogP contribution in [0.25, 0.3) is 0 Å². The second kappa shape index (κ2) is 5.38.